The van der Waals surface area contributed by atoms with Gasteiger partial charge in [-0.15, -0.1) is 0 Å². The van der Waals surface area contributed by atoms with Crippen LogP contribution in [0.1, 0.15) is 60.5 Å². The molecule has 2 nitrogen and oxygen atoms in total. The van der Waals surface area contributed by atoms with Gasteiger partial charge in [0.05, 0.1) is 5.56 Å². The van der Waals surface area contributed by atoms with E-state index in [4.69, 9.17) is 0 Å². The van der Waals surface area contributed by atoms with E-state index >= 15 is 0 Å². The van der Waals surface area contributed by atoms with E-state index in [0.717, 1.165) is 25.2 Å². The van der Waals surface area contributed by atoms with Crippen molar-refractivity contribution in [2.45, 2.75) is 51.9 Å². The summed E-state index contributed by atoms with van der Waals surface area (Å²) in [6, 6.07) is 13.4. The van der Waals surface area contributed by atoms with Crippen molar-refractivity contribution in [2.75, 3.05) is 19.6 Å². The highest BCUT2D eigenvalue weighted by Gasteiger charge is 2.33. The number of piperazine rings is 1. The van der Waals surface area contributed by atoms with E-state index in [2.05, 4.69) is 48.3 Å². The first-order valence-corrected chi connectivity index (χ1v) is 10.0. The lowest BCUT2D eigenvalue weighted by Gasteiger charge is -2.35. The van der Waals surface area contributed by atoms with Crippen molar-refractivity contribution in [3.8, 4) is 0 Å². The number of nitrogens with zero attached hydrogens (tertiary/aromatic N) is 1. The minimum Gasteiger partial charge on any atom is -0.308 e. The molecule has 1 heterocycles. The Hall–Kier alpha value is -1.85. The number of halogens is 3. The van der Waals surface area contributed by atoms with Gasteiger partial charge >= 0.3 is 6.18 Å². The summed E-state index contributed by atoms with van der Waals surface area (Å²) >= 11 is 0. The van der Waals surface area contributed by atoms with Crippen LogP contribution in [0.3, 0.4) is 0 Å². The second-order valence-electron chi connectivity index (χ2n) is 7.87. The normalized spacial score (nSPS) is 18.6. The molecule has 5 heteroatoms. The zero-order chi connectivity index (χ0) is 20.3. The molecule has 28 heavy (non-hydrogen) atoms. The molecule has 1 aliphatic heterocycles. The largest absolute Gasteiger partial charge is 0.416 e. The molecule has 0 saturated carbocycles. The van der Waals surface area contributed by atoms with Crippen molar-refractivity contribution in [2.24, 2.45) is 0 Å². The predicted molar refractivity (Wildman–Crippen MR) is 107 cm³/mol. The molecule has 1 N–H and O–H groups in total. The van der Waals surface area contributed by atoms with E-state index in [0.29, 0.717) is 24.4 Å². The maximum atomic E-state index is 13.1. The molecule has 3 rings (SSSR count). The number of nitrogens with one attached hydrogen (secondary N) is 1. The Morgan fingerprint density at radius 2 is 1.89 bits per heavy atom. The maximum Gasteiger partial charge on any atom is 0.416 e. The van der Waals surface area contributed by atoms with Crippen LogP contribution >= 0.6 is 0 Å². The summed E-state index contributed by atoms with van der Waals surface area (Å²) in [5.74, 6) is 0.454. The van der Waals surface area contributed by atoms with Gasteiger partial charge in [0.2, 0.25) is 0 Å². The van der Waals surface area contributed by atoms with Crippen molar-refractivity contribution in [1.29, 1.82) is 0 Å². The van der Waals surface area contributed by atoms with Crippen LogP contribution in [0.4, 0.5) is 13.2 Å². The van der Waals surface area contributed by atoms with E-state index < -0.39 is 11.7 Å². The predicted octanol–water partition coefficient (Wildman–Crippen LogP) is 5.54. The number of rotatable bonds is 5. The molecule has 0 amide bonds. The highest BCUT2D eigenvalue weighted by molar-refractivity contribution is 5.35. The second kappa shape index (κ2) is 8.66. The van der Waals surface area contributed by atoms with Crippen LogP contribution in [0, 0.1) is 0 Å². The Morgan fingerprint density at radius 1 is 1.14 bits per heavy atom. The Bertz CT molecular complexity index is 799. The van der Waals surface area contributed by atoms with Crippen molar-refractivity contribution < 1.29 is 13.2 Å². The first-order valence-electron chi connectivity index (χ1n) is 10.0. The van der Waals surface area contributed by atoms with E-state index in [1.54, 1.807) is 19.1 Å². The van der Waals surface area contributed by atoms with Crippen LogP contribution in [0.25, 0.3) is 0 Å². The standard InChI is InChI=1S/C23H29F3N2/c1-4-18-13-17(9-10-21(18)23(24,25)26)14-28-12-11-27-22(15-28)20-8-6-5-7-19(20)16(2)3/h5-10,13,16,22,27H,4,11-12,14-15H2,1-3H3/t22-/m0/s1. The third-order valence-corrected chi connectivity index (χ3v) is 5.52. The fourth-order valence-corrected chi connectivity index (χ4v) is 4.09. The van der Waals surface area contributed by atoms with Crippen molar-refractivity contribution in [3.05, 3.63) is 70.3 Å². The topological polar surface area (TPSA) is 15.3 Å². The SMILES string of the molecule is CCc1cc(CN2CCN[C@H](c3ccccc3C(C)C)C2)ccc1C(F)(F)F. The van der Waals surface area contributed by atoms with Gasteiger partial charge in [-0.1, -0.05) is 57.2 Å². The minimum atomic E-state index is -4.29. The maximum absolute atomic E-state index is 13.1. The van der Waals surface area contributed by atoms with Gasteiger partial charge in [-0.2, -0.15) is 13.2 Å². The van der Waals surface area contributed by atoms with Crippen LogP contribution in [-0.4, -0.2) is 24.5 Å². The molecule has 1 fully saturated rings. The molecule has 152 valence electrons. The Morgan fingerprint density at radius 3 is 2.57 bits per heavy atom. The molecule has 0 aliphatic carbocycles. The summed E-state index contributed by atoms with van der Waals surface area (Å²) in [6.07, 6.45) is -3.90. The smallest absolute Gasteiger partial charge is 0.308 e. The van der Waals surface area contributed by atoms with Crippen molar-refractivity contribution >= 4 is 0 Å². The van der Waals surface area contributed by atoms with E-state index in [9.17, 15) is 13.2 Å². The molecule has 1 aliphatic rings. The summed E-state index contributed by atoms with van der Waals surface area (Å²) in [4.78, 5) is 2.33. The Balaban J connectivity index is 1.76. The highest BCUT2D eigenvalue weighted by Crippen LogP contribution is 2.33. The average molecular weight is 390 g/mol. The molecule has 1 saturated heterocycles. The number of hydrogen-bond acceptors (Lipinski definition) is 2. The fourth-order valence-electron chi connectivity index (χ4n) is 4.09. The summed E-state index contributed by atoms with van der Waals surface area (Å²) in [5, 5.41) is 3.61. The lowest BCUT2D eigenvalue weighted by Crippen LogP contribution is -2.45. The molecule has 0 radical (unpaired) electrons. The monoisotopic (exact) mass is 390 g/mol. The Kier molecular flexibility index (Phi) is 6.46. The lowest BCUT2D eigenvalue weighted by atomic mass is 9.91. The molecular formula is C23H29F3N2. The first kappa shape index (κ1) is 20.9. The first-order chi connectivity index (χ1) is 13.3. The molecular weight excluding hydrogens is 361 g/mol. The van der Waals surface area contributed by atoms with Gasteiger partial charge in [-0.05, 0) is 40.7 Å². The van der Waals surface area contributed by atoms with Gasteiger partial charge in [-0.25, -0.2) is 0 Å². The van der Waals surface area contributed by atoms with E-state index in [1.165, 1.54) is 17.2 Å². The van der Waals surface area contributed by atoms with Crippen LogP contribution in [0.2, 0.25) is 0 Å². The number of alkyl halides is 3. The van der Waals surface area contributed by atoms with Gasteiger partial charge in [0.25, 0.3) is 0 Å². The van der Waals surface area contributed by atoms with Crippen LogP contribution in [-0.2, 0) is 19.1 Å². The Labute approximate surface area is 165 Å². The molecule has 0 unspecified atom stereocenters. The van der Waals surface area contributed by atoms with Crippen molar-refractivity contribution in [3.63, 3.8) is 0 Å². The van der Waals surface area contributed by atoms with Gasteiger partial charge < -0.3 is 5.32 Å². The molecule has 1 atom stereocenters. The van der Waals surface area contributed by atoms with Crippen LogP contribution in [0.15, 0.2) is 42.5 Å². The number of benzene rings is 2. The lowest BCUT2D eigenvalue weighted by molar-refractivity contribution is -0.138. The van der Waals surface area contributed by atoms with Gasteiger partial charge in [0, 0.05) is 32.2 Å². The summed E-state index contributed by atoms with van der Waals surface area (Å²) in [5.41, 5.74) is 3.49. The zero-order valence-corrected chi connectivity index (χ0v) is 16.8. The summed E-state index contributed by atoms with van der Waals surface area (Å²) in [7, 11) is 0. The summed E-state index contributed by atoms with van der Waals surface area (Å²) < 4.78 is 39.4. The highest BCUT2D eigenvalue weighted by atomic mass is 19.4. The fraction of sp³-hybridized carbons (Fsp3) is 0.478. The van der Waals surface area contributed by atoms with Crippen LogP contribution < -0.4 is 5.32 Å². The van der Waals surface area contributed by atoms with E-state index in [1.807, 2.05) is 0 Å². The van der Waals surface area contributed by atoms with Gasteiger partial charge in [0.15, 0.2) is 0 Å². The zero-order valence-electron chi connectivity index (χ0n) is 16.8. The molecule has 2 aromatic rings. The summed E-state index contributed by atoms with van der Waals surface area (Å²) in [6.45, 7) is 9.47. The number of hydrogen-bond donors (Lipinski definition) is 1. The molecule has 0 bridgehead atoms. The van der Waals surface area contributed by atoms with Gasteiger partial charge in [0.1, 0.15) is 0 Å². The minimum absolute atomic E-state index is 0.243. The number of aryl methyl sites for hydroxylation is 1. The molecule has 0 spiro atoms. The van der Waals surface area contributed by atoms with E-state index in [-0.39, 0.29) is 6.04 Å². The third kappa shape index (κ3) is 4.76. The van der Waals surface area contributed by atoms with Crippen LogP contribution in [0.5, 0.6) is 0 Å². The molecule has 0 aromatic heterocycles. The molecule has 2 aromatic carbocycles. The average Bonchev–Trinajstić information content (AvgIpc) is 2.67. The van der Waals surface area contributed by atoms with Crippen molar-refractivity contribution in [1.82, 2.24) is 10.2 Å². The van der Waals surface area contributed by atoms with Gasteiger partial charge in [-0.3, -0.25) is 4.90 Å². The second-order valence-corrected chi connectivity index (χ2v) is 7.87. The third-order valence-electron chi connectivity index (χ3n) is 5.52. The quantitative estimate of drug-likeness (QED) is 0.721.